The second-order valence-corrected chi connectivity index (χ2v) is 7.82. The Labute approximate surface area is 147 Å². The molecule has 3 N–H and O–H groups in total. The van der Waals surface area contributed by atoms with Crippen LogP contribution in [0.25, 0.3) is 10.9 Å². The Hall–Kier alpha value is -2.12. The smallest absolute Gasteiger partial charge is 0.222 e. The van der Waals surface area contributed by atoms with Crippen molar-refractivity contribution in [3.63, 3.8) is 0 Å². The van der Waals surface area contributed by atoms with Gasteiger partial charge in [0.25, 0.3) is 0 Å². The van der Waals surface area contributed by atoms with Gasteiger partial charge >= 0.3 is 0 Å². The molecule has 0 fully saturated rings. The molecule has 2 aromatic heterocycles. The van der Waals surface area contributed by atoms with Crippen molar-refractivity contribution in [1.82, 2.24) is 9.97 Å². The Morgan fingerprint density at radius 1 is 1.29 bits per heavy atom. The van der Waals surface area contributed by atoms with Gasteiger partial charge in [0.15, 0.2) is 10.1 Å². The van der Waals surface area contributed by atoms with E-state index < -0.39 is 0 Å². The molecule has 124 valence electrons. The minimum Gasteiger partial charge on any atom is -0.369 e. The first-order valence-corrected chi connectivity index (χ1v) is 9.24. The Kier molecular flexibility index (Phi) is 4.73. The molecule has 0 radical (unpaired) electrons. The van der Waals surface area contributed by atoms with Crippen LogP contribution in [0.15, 0.2) is 28.6 Å². The first kappa shape index (κ1) is 16.7. The number of Topliss-reactive ketones (excluding diaryl/α,β-unsaturated/α-hetero) is 1. The summed E-state index contributed by atoms with van der Waals surface area (Å²) in [4.78, 5) is 32.2. The second kappa shape index (κ2) is 6.78. The highest BCUT2D eigenvalue weighted by Crippen LogP contribution is 2.29. The fraction of sp³-hybridized carbons (Fsp3) is 0.235. The average molecular weight is 359 g/mol. The standard InChI is InChI=1S/C17H17N3O2S2/c1-9-14(7-15(18)22)24-17(20-9)23-8-13(21)16-10(2)19-12-6-4-3-5-11(12)16/h3-6,19H,7-8H2,1-2H3,(H2,18,22). The van der Waals surface area contributed by atoms with Crippen molar-refractivity contribution in [3.05, 3.63) is 46.1 Å². The average Bonchev–Trinajstić information content (AvgIpc) is 3.03. The largest absolute Gasteiger partial charge is 0.369 e. The molecule has 0 saturated carbocycles. The number of carbonyl (C=O) groups is 2. The molecule has 3 aromatic rings. The molecule has 3 rings (SSSR count). The predicted molar refractivity (Wildman–Crippen MR) is 97.8 cm³/mol. The molecule has 1 amide bonds. The van der Waals surface area contributed by atoms with E-state index in [0.29, 0.717) is 5.75 Å². The Morgan fingerprint density at radius 2 is 2.04 bits per heavy atom. The van der Waals surface area contributed by atoms with E-state index in [1.54, 1.807) is 0 Å². The zero-order valence-corrected chi connectivity index (χ0v) is 15.0. The van der Waals surface area contributed by atoms with E-state index >= 15 is 0 Å². The number of nitrogens with zero attached hydrogens (tertiary/aromatic N) is 1. The number of rotatable bonds is 6. The van der Waals surface area contributed by atoms with Crippen LogP contribution in [-0.4, -0.2) is 27.4 Å². The van der Waals surface area contributed by atoms with E-state index in [9.17, 15) is 9.59 Å². The van der Waals surface area contributed by atoms with Crippen LogP contribution in [0.1, 0.15) is 26.6 Å². The van der Waals surface area contributed by atoms with Crippen molar-refractivity contribution in [2.24, 2.45) is 5.73 Å². The molecule has 0 atom stereocenters. The molecule has 0 aliphatic carbocycles. The third-order valence-electron chi connectivity index (χ3n) is 3.71. The Morgan fingerprint density at radius 3 is 2.79 bits per heavy atom. The van der Waals surface area contributed by atoms with E-state index in [-0.39, 0.29) is 18.1 Å². The molecule has 7 heteroatoms. The number of aromatic nitrogens is 2. The highest BCUT2D eigenvalue weighted by Gasteiger charge is 2.17. The van der Waals surface area contributed by atoms with Crippen molar-refractivity contribution in [2.45, 2.75) is 24.6 Å². The lowest BCUT2D eigenvalue weighted by molar-refractivity contribution is -0.117. The number of aromatic amines is 1. The van der Waals surface area contributed by atoms with Gasteiger partial charge in [-0.15, -0.1) is 11.3 Å². The van der Waals surface area contributed by atoms with Crippen LogP contribution in [0.5, 0.6) is 0 Å². The molecule has 0 aliphatic rings. The summed E-state index contributed by atoms with van der Waals surface area (Å²) >= 11 is 2.82. The van der Waals surface area contributed by atoms with E-state index in [4.69, 9.17) is 5.73 Å². The number of H-pyrrole nitrogens is 1. The molecule has 5 nitrogen and oxygen atoms in total. The maximum atomic E-state index is 12.6. The minimum absolute atomic E-state index is 0.0688. The van der Waals surface area contributed by atoms with Gasteiger partial charge in [0.1, 0.15) is 0 Å². The first-order valence-electron chi connectivity index (χ1n) is 7.43. The number of aryl methyl sites for hydroxylation is 2. The molecule has 24 heavy (non-hydrogen) atoms. The van der Waals surface area contributed by atoms with Gasteiger partial charge in [-0.1, -0.05) is 30.0 Å². The highest BCUT2D eigenvalue weighted by molar-refractivity contribution is 8.01. The molecule has 0 bridgehead atoms. The first-order chi connectivity index (χ1) is 11.5. The van der Waals surface area contributed by atoms with Crippen LogP contribution >= 0.6 is 23.1 Å². The zero-order valence-electron chi connectivity index (χ0n) is 13.4. The topological polar surface area (TPSA) is 88.8 Å². The van der Waals surface area contributed by atoms with Crippen molar-refractivity contribution in [1.29, 1.82) is 0 Å². The van der Waals surface area contributed by atoms with E-state index in [2.05, 4.69) is 9.97 Å². The van der Waals surface area contributed by atoms with E-state index in [0.717, 1.165) is 37.1 Å². The van der Waals surface area contributed by atoms with Crippen LogP contribution in [0, 0.1) is 13.8 Å². The fourth-order valence-corrected chi connectivity index (χ4v) is 4.74. The lowest BCUT2D eigenvalue weighted by atomic mass is 10.1. The number of carbonyl (C=O) groups excluding carboxylic acids is 2. The lowest BCUT2D eigenvalue weighted by Crippen LogP contribution is -2.13. The molecular weight excluding hydrogens is 342 g/mol. The SMILES string of the molecule is Cc1nc(SCC(=O)c2c(C)[nH]c3ccccc23)sc1CC(N)=O. The van der Waals surface area contributed by atoms with Crippen LogP contribution in [0.4, 0.5) is 0 Å². The van der Waals surface area contributed by atoms with Gasteiger partial charge in [0.05, 0.1) is 17.9 Å². The number of benzene rings is 1. The minimum atomic E-state index is -0.371. The quantitative estimate of drug-likeness (QED) is 0.522. The number of thiazole rings is 1. The van der Waals surface area contributed by atoms with Gasteiger partial charge in [0, 0.05) is 27.0 Å². The summed E-state index contributed by atoms with van der Waals surface area (Å²) in [5, 5.41) is 0.949. The Balaban J connectivity index is 1.76. The Bertz CT molecular complexity index is 927. The molecule has 0 saturated heterocycles. The number of nitrogens with two attached hydrogens (primary N) is 1. The zero-order chi connectivity index (χ0) is 17.3. The van der Waals surface area contributed by atoms with Crippen LogP contribution in [0.2, 0.25) is 0 Å². The van der Waals surface area contributed by atoms with Crippen molar-refractivity contribution < 1.29 is 9.59 Å². The monoisotopic (exact) mass is 359 g/mol. The predicted octanol–water partition coefficient (Wildman–Crippen LogP) is 3.24. The third kappa shape index (κ3) is 3.37. The summed E-state index contributed by atoms with van der Waals surface area (Å²) in [6, 6.07) is 7.79. The van der Waals surface area contributed by atoms with Crippen LogP contribution in [-0.2, 0) is 11.2 Å². The summed E-state index contributed by atoms with van der Waals surface area (Å²) in [7, 11) is 0. The maximum Gasteiger partial charge on any atom is 0.222 e. The maximum absolute atomic E-state index is 12.6. The number of hydrogen-bond donors (Lipinski definition) is 2. The number of fused-ring (bicyclic) bond motifs is 1. The third-order valence-corrected chi connectivity index (χ3v) is 6.01. The number of nitrogens with one attached hydrogen (secondary N) is 1. The van der Waals surface area contributed by atoms with Crippen molar-refractivity contribution >= 4 is 45.7 Å². The summed E-state index contributed by atoms with van der Waals surface area (Å²) in [5.74, 6) is 0.00843. The summed E-state index contributed by atoms with van der Waals surface area (Å²) in [6.45, 7) is 3.76. The van der Waals surface area contributed by atoms with Gasteiger partial charge in [-0.25, -0.2) is 4.98 Å². The molecular formula is C17H17N3O2S2. The van der Waals surface area contributed by atoms with Gasteiger partial charge in [-0.2, -0.15) is 0 Å². The van der Waals surface area contributed by atoms with Gasteiger partial charge in [0.2, 0.25) is 5.91 Å². The molecule has 0 unspecified atom stereocenters. The van der Waals surface area contributed by atoms with Crippen LogP contribution < -0.4 is 5.73 Å². The highest BCUT2D eigenvalue weighted by atomic mass is 32.2. The number of ketones is 1. The number of thioether (sulfide) groups is 1. The fourth-order valence-electron chi connectivity index (χ4n) is 2.62. The van der Waals surface area contributed by atoms with Crippen molar-refractivity contribution in [2.75, 3.05) is 5.75 Å². The summed E-state index contributed by atoms with van der Waals surface area (Å²) in [6.07, 6.45) is 0.194. The van der Waals surface area contributed by atoms with Gasteiger partial charge in [-0.05, 0) is 19.9 Å². The van der Waals surface area contributed by atoms with Gasteiger partial charge in [-0.3, -0.25) is 9.59 Å². The van der Waals surface area contributed by atoms with E-state index in [1.807, 2.05) is 38.1 Å². The number of hydrogen-bond acceptors (Lipinski definition) is 5. The van der Waals surface area contributed by atoms with E-state index in [1.165, 1.54) is 23.1 Å². The lowest BCUT2D eigenvalue weighted by Gasteiger charge is -2.00. The number of para-hydroxylation sites is 1. The molecule has 0 aliphatic heterocycles. The molecule has 2 heterocycles. The van der Waals surface area contributed by atoms with Crippen LogP contribution in [0.3, 0.4) is 0 Å². The molecule has 1 aromatic carbocycles. The second-order valence-electron chi connectivity index (χ2n) is 5.51. The number of amides is 1. The van der Waals surface area contributed by atoms with Gasteiger partial charge < -0.3 is 10.7 Å². The normalized spacial score (nSPS) is 11.1. The summed E-state index contributed by atoms with van der Waals surface area (Å²) in [5.41, 5.74) is 8.63. The molecule has 0 spiro atoms. The summed E-state index contributed by atoms with van der Waals surface area (Å²) < 4.78 is 0.787. The number of primary amides is 1. The van der Waals surface area contributed by atoms with Crippen molar-refractivity contribution in [3.8, 4) is 0 Å².